The number of carbonyl (C=O) groups is 7. The van der Waals surface area contributed by atoms with Crippen LogP contribution in [0.1, 0.15) is 321 Å². The first-order valence-corrected chi connectivity index (χ1v) is 34.8. The van der Waals surface area contributed by atoms with E-state index in [1.54, 1.807) is 7.11 Å². The number of carbonyl (C=O) groups excluding carboxylic acids is 7. The van der Waals surface area contributed by atoms with Crippen molar-refractivity contribution < 1.29 is 66.7 Å². The van der Waals surface area contributed by atoms with Gasteiger partial charge in [-0.3, -0.25) is 28.8 Å². The zero-order valence-corrected chi connectivity index (χ0v) is 58.9. The van der Waals surface area contributed by atoms with Gasteiger partial charge in [-0.15, -0.1) is 0 Å². The molecule has 0 fully saturated rings. The molecule has 2 unspecified atom stereocenters. The van der Waals surface area contributed by atoms with Gasteiger partial charge in [0.2, 0.25) is 0 Å². The average Bonchev–Trinajstić information content (AvgIpc) is 3.51. The Hall–Kier alpha value is -3.59. The summed E-state index contributed by atoms with van der Waals surface area (Å²) in [4.78, 5) is 79.9. The molecule has 0 amide bonds. The highest BCUT2D eigenvalue weighted by Gasteiger charge is 2.19. The molecule has 0 saturated heterocycles. The van der Waals surface area contributed by atoms with E-state index in [1.165, 1.54) is 155 Å². The fourth-order valence-corrected chi connectivity index (χ4v) is 8.24. The fraction of sp³-hybridized carbons (Fsp3) is 0.901. The van der Waals surface area contributed by atoms with Crippen LogP contribution in [0, 0.1) is 23.7 Å². The molecular formula is C71H141NO14. The Labute approximate surface area is 530 Å². The van der Waals surface area contributed by atoms with Gasteiger partial charge >= 0.3 is 29.8 Å². The second-order valence-electron chi connectivity index (χ2n) is 23.7. The van der Waals surface area contributed by atoms with E-state index in [0.717, 1.165) is 76.9 Å². The number of rotatable bonds is 53. The van der Waals surface area contributed by atoms with Gasteiger partial charge in [0.25, 0.3) is 6.47 Å². The minimum Gasteiger partial charge on any atom is -0.467 e. The highest BCUT2D eigenvalue weighted by molar-refractivity contribution is 5.71. The summed E-state index contributed by atoms with van der Waals surface area (Å²) in [7, 11) is 3.75. The zero-order chi connectivity index (χ0) is 66.0. The van der Waals surface area contributed by atoms with Crippen molar-refractivity contribution >= 4 is 42.6 Å². The lowest BCUT2D eigenvalue weighted by atomic mass is 10.1. The van der Waals surface area contributed by atoms with E-state index in [0.29, 0.717) is 57.6 Å². The standard InChI is InChI=1S/C20H36O6.C18H34O5.C9H18O.C9H20.C8H16O2.C7H17N/c1-4-5-6-7-8-9-10-19(22)26-15-18(14-24-16-21)13-20(23)25-12-11-17(2)3;1-4-6-7-8-9-10-11-17(19)23-15-16(14-21-3)13-18(20)22-12-5-2;1-2-3-4-5-6-7-8-9-10;1-3-5-7-9-8-6-4-2;1-7(2)5-4-6-10-8(3)9;1-4-6-8(3)7-5-2/h16-18H,4-15H2,1-3H3;16H,4-15H2,1-3H3;9H,2-8H2,1H3;3-9H2,1-2H3;7H,4-6H2,1-3H3;4-7H2,1-3H3. The highest BCUT2D eigenvalue weighted by Crippen LogP contribution is 2.14. The first-order chi connectivity index (χ1) is 41.4. The number of ether oxygens (including phenoxy) is 7. The zero-order valence-electron chi connectivity index (χ0n) is 58.9. The van der Waals surface area contributed by atoms with Gasteiger partial charge in [0.1, 0.15) is 6.29 Å². The van der Waals surface area contributed by atoms with Crippen molar-refractivity contribution in [2.24, 2.45) is 23.7 Å². The van der Waals surface area contributed by atoms with Crippen LogP contribution in [0.25, 0.3) is 0 Å². The van der Waals surface area contributed by atoms with E-state index in [4.69, 9.17) is 33.2 Å². The van der Waals surface area contributed by atoms with Gasteiger partial charge in [0.05, 0.1) is 59.1 Å². The van der Waals surface area contributed by atoms with Gasteiger partial charge in [-0.1, -0.05) is 224 Å². The summed E-state index contributed by atoms with van der Waals surface area (Å²) < 4.78 is 35.3. The lowest BCUT2D eigenvalue weighted by molar-refractivity contribution is -0.152. The molecule has 86 heavy (non-hydrogen) atoms. The van der Waals surface area contributed by atoms with Crippen LogP contribution < -0.4 is 0 Å². The quantitative estimate of drug-likeness (QED) is 0.0242. The van der Waals surface area contributed by atoms with Crippen molar-refractivity contribution in [3.05, 3.63) is 0 Å². The number of hydrogen-bond donors (Lipinski definition) is 0. The van der Waals surface area contributed by atoms with Crippen LogP contribution in [0.4, 0.5) is 0 Å². The van der Waals surface area contributed by atoms with Crippen LogP contribution >= 0.6 is 0 Å². The molecule has 0 aliphatic carbocycles. The minimum atomic E-state index is -0.375. The Morgan fingerprint density at radius 1 is 0.395 bits per heavy atom. The largest absolute Gasteiger partial charge is 0.467 e. The summed E-state index contributed by atoms with van der Waals surface area (Å²) >= 11 is 0. The minimum absolute atomic E-state index is 0.0348. The van der Waals surface area contributed by atoms with Crippen molar-refractivity contribution in [3.63, 3.8) is 0 Å². The van der Waals surface area contributed by atoms with Crippen molar-refractivity contribution in [3.8, 4) is 0 Å². The topological polar surface area (TPSA) is 187 Å². The molecule has 0 radical (unpaired) electrons. The average molecular weight is 1230 g/mol. The fourth-order valence-electron chi connectivity index (χ4n) is 8.24. The van der Waals surface area contributed by atoms with Crippen LogP contribution in [-0.4, -0.2) is 121 Å². The van der Waals surface area contributed by atoms with Crippen LogP contribution in [0.2, 0.25) is 0 Å². The molecule has 0 rings (SSSR count). The third kappa shape index (κ3) is 94.1. The van der Waals surface area contributed by atoms with E-state index in [9.17, 15) is 33.6 Å². The molecule has 514 valence electrons. The summed E-state index contributed by atoms with van der Waals surface area (Å²) in [5.74, 6) is -0.622. The van der Waals surface area contributed by atoms with Crippen molar-refractivity contribution in [2.75, 3.05) is 73.5 Å². The normalized spacial score (nSPS) is 11.1. The number of esters is 5. The lowest BCUT2D eigenvalue weighted by Gasteiger charge is -2.15. The first kappa shape index (κ1) is 93.5. The summed E-state index contributed by atoms with van der Waals surface area (Å²) in [5.41, 5.74) is 0. The molecule has 0 aromatic rings. The lowest BCUT2D eigenvalue weighted by Crippen LogP contribution is -2.23. The van der Waals surface area contributed by atoms with Crippen LogP contribution in [0.3, 0.4) is 0 Å². The molecule has 0 aliphatic heterocycles. The maximum atomic E-state index is 11.8. The van der Waals surface area contributed by atoms with E-state index in [1.807, 2.05) is 6.92 Å². The van der Waals surface area contributed by atoms with Crippen molar-refractivity contribution in [2.45, 2.75) is 321 Å². The van der Waals surface area contributed by atoms with Crippen LogP contribution in [-0.2, 0) is 66.7 Å². The molecule has 0 bridgehead atoms. The molecule has 0 aromatic carbocycles. The van der Waals surface area contributed by atoms with Gasteiger partial charge in [-0.05, 0) is 89.8 Å². The van der Waals surface area contributed by atoms with Crippen LogP contribution in [0.5, 0.6) is 0 Å². The third-order valence-corrected chi connectivity index (χ3v) is 13.4. The Morgan fingerprint density at radius 2 is 0.779 bits per heavy atom. The van der Waals surface area contributed by atoms with E-state index in [-0.39, 0.29) is 74.3 Å². The number of unbranched alkanes of at least 4 members (excludes halogenated alkanes) is 22. The molecule has 0 saturated carbocycles. The predicted octanol–water partition coefficient (Wildman–Crippen LogP) is 18.4. The van der Waals surface area contributed by atoms with Crippen molar-refractivity contribution in [1.29, 1.82) is 0 Å². The highest BCUT2D eigenvalue weighted by atomic mass is 16.6. The molecular weight excluding hydrogens is 1090 g/mol. The van der Waals surface area contributed by atoms with E-state index < -0.39 is 0 Å². The first-order valence-electron chi connectivity index (χ1n) is 34.8. The summed E-state index contributed by atoms with van der Waals surface area (Å²) in [6, 6.07) is 0. The number of aldehydes is 1. The molecule has 0 aliphatic rings. The Morgan fingerprint density at radius 3 is 1.13 bits per heavy atom. The molecule has 2 atom stereocenters. The maximum absolute atomic E-state index is 11.8. The molecule has 15 heteroatoms. The van der Waals surface area contributed by atoms with Gasteiger partial charge in [0, 0.05) is 45.1 Å². The Kier molecular flexibility index (Phi) is 88.6. The van der Waals surface area contributed by atoms with Crippen molar-refractivity contribution in [1.82, 2.24) is 4.90 Å². The second kappa shape index (κ2) is 81.4. The Bertz CT molecular complexity index is 1400. The van der Waals surface area contributed by atoms with E-state index >= 15 is 0 Å². The predicted molar refractivity (Wildman–Crippen MR) is 356 cm³/mol. The Balaban J connectivity index is -0.000000239. The summed E-state index contributed by atoms with van der Waals surface area (Å²) in [6.45, 7) is 32.2. The summed E-state index contributed by atoms with van der Waals surface area (Å²) in [6.07, 6.45) is 40.2. The number of methoxy groups -OCH3 is 1. The third-order valence-electron chi connectivity index (χ3n) is 13.4. The smallest absolute Gasteiger partial charge is 0.306 e. The molecule has 15 nitrogen and oxygen atoms in total. The number of nitrogens with zero attached hydrogens (tertiary/aromatic N) is 1. The van der Waals surface area contributed by atoms with E-state index in [2.05, 4.69) is 88.1 Å². The molecule has 0 aromatic heterocycles. The molecule has 0 spiro atoms. The molecule has 0 heterocycles. The monoisotopic (exact) mass is 1230 g/mol. The second-order valence-corrected chi connectivity index (χ2v) is 23.7. The van der Waals surface area contributed by atoms with Gasteiger partial charge in [0.15, 0.2) is 0 Å². The molecule has 0 N–H and O–H groups in total. The number of hydrogen-bond acceptors (Lipinski definition) is 15. The summed E-state index contributed by atoms with van der Waals surface area (Å²) in [5, 5.41) is 0. The van der Waals surface area contributed by atoms with Gasteiger partial charge < -0.3 is 42.9 Å². The SMILES string of the molecule is CC(=O)OCCCC(C)C.CCCCCCCCC.CCCCCCCCC(=O)OCC(COC)CC(=O)OCCC.CCCCCCCCC(=O)OCC(COC=O)CC(=O)OCCC(C)C.CCCCCCCCC=O.CCCN(C)CCC. The van der Waals surface area contributed by atoms with Crippen LogP contribution in [0.15, 0.2) is 0 Å². The van der Waals surface area contributed by atoms with Gasteiger partial charge in [-0.25, -0.2) is 0 Å². The van der Waals surface area contributed by atoms with Gasteiger partial charge in [-0.2, -0.15) is 0 Å². The maximum Gasteiger partial charge on any atom is 0.306 e.